The summed E-state index contributed by atoms with van der Waals surface area (Å²) in [6, 6.07) is 3.97. The van der Waals surface area contributed by atoms with Crippen LogP contribution < -0.4 is 4.72 Å². The van der Waals surface area contributed by atoms with Gasteiger partial charge in [0, 0.05) is 11.0 Å². The molecule has 0 saturated heterocycles. The monoisotopic (exact) mass is 349 g/mol. The molecule has 106 valence electrons. The summed E-state index contributed by atoms with van der Waals surface area (Å²) in [4.78, 5) is -0.286. The molecule has 0 bridgehead atoms. The van der Waals surface area contributed by atoms with E-state index < -0.39 is 15.8 Å². The minimum Gasteiger partial charge on any atom is -0.211 e. The van der Waals surface area contributed by atoms with E-state index in [9.17, 15) is 12.8 Å². The first-order valence-electron chi connectivity index (χ1n) is 6.44. The van der Waals surface area contributed by atoms with E-state index in [1.807, 2.05) is 0 Å². The smallest absolute Gasteiger partial charge is 0.211 e. The van der Waals surface area contributed by atoms with Crippen molar-refractivity contribution in [1.29, 1.82) is 0 Å². The molecule has 0 aliphatic heterocycles. The van der Waals surface area contributed by atoms with Crippen LogP contribution in [0.3, 0.4) is 0 Å². The van der Waals surface area contributed by atoms with Gasteiger partial charge in [-0.25, -0.2) is 17.5 Å². The standard InChI is InChI=1S/C13H17BrFNO2S/c14-11-6-7-13(12(15)8-11)19(17,18)16-9-10-4-2-1-3-5-10/h6-8,10,16H,1-5,9H2. The van der Waals surface area contributed by atoms with Crippen molar-refractivity contribution in [1.82, 2.24) is 4.72 Å². The predicted octanol–water partition coefficient (Wildman–Crippen LogP) is 3.45. The molecule has 0 aromatic heterocycles. The lowest BCUT2D eigenvalue weighted by Gasteiger charge is -2.21. The van der Waals surface area contributed by atoms with Gasteiger partial charge in [-0.1, -0.05) is 35.2 Å². The van der Waals surface area contributed by atoms with Gasteiger partial charge >= 0.3 is 0 Å². The largest absolute Gasteiger partial charge is 0.243 e. The Balaban J connectivity index is 2.05. The van der Waals surface area contributed by atoms with E-state index in [4.69, 9.17) is 0 Å². The van der Waals surface area contributed by atoms with Crippen molar-refractivity contribution < 1.29 is 12.8 Å². The van der Waals surface area contributed by atoms with Crippen LogP contribution in [0.2, 0.25) is 0 Å². The number of halogens is 2. The van der Waals surface area contributed by atoms with Crippen LogP contribution in [0, 0.1) is 11.7 Å². The first-order chi connectivity index (χ1) is 8.99. The molecule has 0 radical (unpaired) electrons. The van der Waals surface area contributed by atoms with Crippen molar-refractivity contribution >= 4 is 26.0 Å². The molecule has 6 heteroatoms. The average molecular weight is 350 g/mol. The number of rotatable bonds is 4. The molecular formula is C13H17BrFNO2S. The van der Waals surface area contributed by atoms with E-state index in [2.05, 4.69) is 20.7 Å². The summed E-state index contributed by atoms with van der Waals surface area (Å²) in [6.45, 7) is 0.401. The van der Waals surface area contributed by atoms with Crippen LogP contribution in [0.1, 0.15) is 32.1 Å². The van der Waals surface area contributed by atoms with Gasteiger partial charge in [-0.05, 0) is 37.0 Å². The fourth-order valence-corrected chi connectivity index (χ4v) is 3.90. The van der Waals surface area contributed by atoms with E-state index in [0.29, 0.717) is 16.9 Å². The molecule has 1 N–H and O–H groups in total. The molecule has 1 aromatic carbocycles. The van der Waals surface area contributed by atoms with Crippen LogP contribution in [0.4, 0.5) is 4.39 Å². The van der Waals surface area contributed by atoms with Gasteiger partial charge in [0.2, 0.25) is 10.0 Å². The van der Waals surface area contributed by atoms with Crippen LogP contribution in [-0.4, -0.2) is 15.0 Å². The van der Waals surface area contributed by atoms with Crippen LogP contribution >= 0.6 is 15.9 Å². The maximum atomic E-state index is 13.7. The Morgan fingerprint density at radius 1 is 1.26 bits per heavy atom. The molecular weight excluding hydrogens is 333 g/mol. The van der Waals surface area contributed by atoms with Crippen LogP contribution in [0.5, 0.6) is 0 Å². The summed E-state index contributed by atoms with van der Waals surface area (Å²) >= 11 is 3.11. The van der Waals surface area contributed by atoms with Gasteiger partial charge in [0.15, 0.2) is 0 Å². The summed E-state index contributed by atoms with van der Waals surface area (Å²) in [5.41, 5.74) is 0. The first kappa shape index (κ1) is 14.9. The number of benzene rings is 1. The highest BCUT2D eigenvalue weighted by Crippen LogP contribution is 2.24. The van der Waals surface area contributed by atoms with E-state index in [-0.39, 0.29) is 4.90 Å². The molecule has 0 spiro atoms. The lowest BCUT2D eigenvalue weighted by Crippen LogP contribution is -2.30. The maximum Gasteiger partial charge on any atom is 0.243 e. The molecule has 1 saturated carbocycles. The molecule has 1 aliphatic carbocycles. The zero-order valence-corrected chi connectivity index (χ0v) is 12.9. The van der Waals surface area contributed by atoms with Crippen molar-refractivity contribution in [2.75, 3.05) is 6.54 Å². The average Bonchev–Trinajstić information content (AvgIpc) is 2.37. The van der Waals surface area contributed by atoms with Gasteiger partial charge in [-0.15, -0.1) is 0 Å². The fraction of sp³-hybridized carbons (Fsp3) is 0.538. The molecule has 0 heterocycles. The van der Waals surface area contributed by atoms with E-state index in [1.54, 1.807) is 0 Å². The highest BCUT2D eigenvalue weighted by molar-refractivity contribution is 9.10. The quantitative estimate of drug-likeness (QED) is 0.904. The Morgan fingerprint density at radius 3 is 2.58 bits per heavy atom. The zero-order chi connectivity index (χ0) is 13.9. The van der Waals surface area contributed by atoms with Gasteiger partial charge in [-0.2, -0.15) is 0 Å². The summed E-state index contributed by atoms with van der Waals surface area (Å²) in [5.74, 6) is -0.354. The molecule has 2 rings (SSSR count). The number of hydrogen-bond acceptors (Lipinski definition) is 2. The Labute approximate surface area is 121 Å². The Morgan fingerprint density at radius 2 is 1.95 bits per heavy atom. The van der Waals surface area contributed by atoms with Crippen molar-refractivity contribution in [3.8, 4) is 0 Å². The molecule has 0 atom stereocenters. The Kier molecular flexibility index (Phi) is 4.97. The maximum absolute atomic E-state index is 13.7. The number of nitrogens with one attached hydrogen (secondary N) is 1. The molecule has 1 aromatic rings. The Hall–Kier alpha value is -0.460. The van der Waals surface area contributed by atoms with E-state index in [0.717, 1.165) is 31.7 Å². The lowest BCUT2D eigenvalue weighted by atomic mass is 9.90. The highest BCUT2D eigenvalue weighted by atomic mass is 79.9. The normalized spacial score (nSPS) is 17.6. The van der Waals surface area contributed by atoms with Gasteiger partial charge in [0.25, 0.3) is 0 Å². The molecule has 0 unspecified atom stereocenters. The lowest BCUT2D eigenvalue weighted by molar-refractivity contribution is 0.357. The third kappa shape index (κ3) is 4.00. The van der Waals surface area contributed by atoms with E-state index >= 15 is 0 Å². The number of hydrogen-bond donors (Lipinski definition) is 1. The molecule has 1 aliphatic rings. The second kappa shape index (κ2) is 6.33. The topological polar surface area (TPSA) is 46.2 Å². The second-order valence-corrected chi connectivity index (χ2v) is 7.58. The van der Waals surface area contributed by atoms with Gasteiger partial charge in [0.05, 0.1) is 0 Å². The van der Waals surface area contributed by atoms with Crippen LogP contribution in [0.25, 0.3) is 0 Å². The predicted molar refractivity (Wildman–Crippen MR) is 75.9 cm³/mol. The Bertz CT molecular complexity index is 542. The van der Waals surface area contributed by atoms with Gasteiger partial charge in [0.1, 0.15) is 10.7 Å². The van der Waals surface area contributed by atoms with Crippen molar-refractivity contribution in [2.24, 2.45) is 5.92 Å². The molecule has 0 amide bonds. The molecule has 3 nitrogen and oxygen atoms in total. The molecule has 19 heavy (non-hydrogen) atoms. The van der Waals surface area contributed by atoms with Gasteiger partial charge in [-0.3, -0.25) is 0 Å². The minimum atomic E-state index is -3.75. The zero-order valence-electron chi connectivity index (χ0n) is 10.5. The molecule has 1 fully saturated rings. The summed E-state index contributed by atoms with van der Waals surface area (Å²) in [5, 5.41) is 0. The van der Waals surface area contributed by atoms with E-state index in [1.165, 1.54) is 18.6 Å². The summed E-state index contributed by atoms with van der Waals surface area (Å²) < 4.78 is 40.8. The number of sulfonamides is 1. The third-order valence-corrected chi connectivity index (χ3v) is 5.42. The highest BCUT2D eigenvalue weighted by Gasteiger charge is 2.21. The minimum absolute atomic E-state index is 0.286. The van der Waals surface area contributed by atoms with Crippen molar-refractivity contribution in [3.63, 3.8) is 0 Å². The van der Waals surface area contributed by atoms with Gasteiger partial charge < -0.3 is 0 Å². The second-order valence-electron chi connectivity index (χ2n) is 4.93. The third-order valence-electron chi connectivity index (χ3n) is 3.47. The van der Waals surface area contributed by atoms with Crippen molar-refractivity contribution in [3.05, 3.63) is 28.5 Å². The first-order valence-corrected chi connectivity index (χ1v) is 8.71. The summed E-state index contributed by atoms with van der Waals surface area (Å²) in [7, 11) is -3.75. The SMILES string of the molecule is O=S(=O)(NCC1CCCCC1)c1ccc(Br)cc1F. The summed E-state index contributed by atoms with van der Waals surface area (Å²) in [6.07, 6.45) is 5.62. The van der Waals surface area contributed by atoms with Crippen molar-refractivity contribution in [2.45, 2.75) is 37.0 Å². The van der Waals surface area contributed by atoms with Crippen LogP contribution in [0.15, 0.2) is 27.6 Å². The fourth-order valence-electron chi connectivity index (χ4n) is 2.39. The van der Waals surface area contributed by atoms with Crippen LogP contribution in [-0.2, 0) is 10.0 Å².